The van der Waals surface area contributed by atoms with Crippen molar-refractivity contribution in [3.8, 4) is 0 Å². The molecule has 0 aromatic heterocycles. The fourth-order valence-corrected chi connectivity index (χ4v) is 0.963. The monoisotopic (exact) mass is 188 g/mol. The van der Waals surface area contributed by atoms with Crippen molar-refractivity contribution in [1.29, 1.82) is 0 Å². The number of unbranched alkanes of at least 4 members (excludes halogenated alkanes) is 1. The molecule has 0 aliphatic heterocycles. The van der Waals surface area contributed by atoms with Crippen molar-refractivity contribution in [3.05, 3.63) is 0 Å². The van der Waals surface area contributed by atoms with Crippen molar-refractivity contribution < 1.29 is 9.53 Å². The van der Waals surface area contributed by atoms with Crippen LogP contribution in [0.2, 0.25) is 0 Å². The Morgan fingerprint density at radius 3 is 2.77 bits per heavy atom. The lowest BCUT2D eigenvalue weighted by molar-refractivity contribution is -0.118. The molecule has 1 amide bonds. The minimum absolute atomic E-state index is 0.214. The second-order valence-corrected chi connectivity index (χ2v) is 2.87. The number of primary amides is 1. The maximum absolute atomic E-state index is 10.4. The third kappa shape index (κ3) is 11.4. The lowest BCUT2D eigenvalue weighted by atomic mass is 10.2. The predicted molar refractivity (Wildman–Crippen MR) is 52.4 cm³/mol. The highest BCUT2D eigenvalue weighted by Gasteiger charge is 1.93. The van der Waals surface area contributed by atoms with Gasteiger partial charge in [-0.1, -0.05) is 0 Å². The molecule has 4 heteroatoms. The maximum atomic E-state index is 10.4. The van der Waals surface area contributed by atoms with E-state index in [0.29, 0.717) is 6.42 Å². The molecule has 3 N–H and O–H groups in total. The highest BCUT2D eigenvalue weighted by atomic mass is 16.5. The molecule has 0 atom stereocenters. The van der Waals surface area contributed by atoms with Crippen LogP contribution in [0.1, 0.15) is 26.2 Å². The van der Waals surface area contributed by atoms with E-state index >= 15 is 0 Å². The number of hydrogen-bond donors (Lipinski definition) is 2. The Bertz CT molecular complexity index is 129. The molecule has 0 bridgehead atoms. The van der Waals surface area contributed by atoms with E-state index < -0.39 is 0 Å². The van der Waals surface area contributed by atoms with Gasteiger partial charge in [0.15, 0.2) is 0 Å². The number of carbonyl (C=O) groups is 1. The summed E-state index contributed by atoms with van der Waals surface area (Å²) in [7, 11) is 0. The van der Waals surface area contributed by atoms with E-state index in [1.54, 1.807) is 0 Å². The second-order valence-electron chi connectivity index (χ2n) is 2.87. The van der Waals surface area contributed by atoms with E-state index in [1.807, 2.05) is 6.92 Å². The molecule has 0 rings (SSSR count). The Hall–Kier alpha value is -0.610. The van der Waals surface area contributed by atoms with Crippen molar-refractivity contribution in [2.45, 2.75) is 26.2 Å². The average molecular weight is 188 g/mol. The lowest BCUT2D eigenvalue weighted by Crippen LogP contribution is -2.21. The fraction of sp³-hybridized carbons (Fsp3) is 0.889. The minimum atomic E-state index is -0.214. The van der Waals surface area contributed by atoms with Crippen LogP contribution in [0.3, 0.4) is 0 Å². The van der Waals surface area contributed by atoms with Crippen molar-refractivity contribution in [3.63, 3.8) is 0 Å². The third-order valence-corrected chi connectivity index (χ3v) is 1.65. The molecule has 0 unspecified atom stereocenters. The minimum Gasteiger partial charge on any atom is -0.380 e. The van der Waals surface area contributed by atoms with Crippen LogP contribution >= 0.6 is 0 Å². The molecule has 0 spiro atoms. The summed E-state index contributed by atoms with van der Waals surface area (Å²) in [5.74, 6) is -0.214. The van der Waals surface area contributed by atoms with Gasteiger partial charge in [0.2, 0.25) is 5.91 Å². The first kappa shape index (κ1) is 12.4. The van der Waals surface area contributed by atoms with E-state index in [2.05, 4.69) is 5.32 Å². The predicted octanol–water partition coefficient (Wildman–Crippen LogP) is 0.268. The van der Waals surface area contributed by atoms with E-state index in [-0.39, 0.29) is 5.91 Å². The normalized spacial score (nSPS) is 10.2. The molecule has 0 aromatic rings. The Morgan fingerprint density at radius 2 is 2.15 bits per heavy atom. The van der Waals surface area contributed by atoms with Gasteiger partial charge in [-0.2, -0.15) is 0 Å². The summed E-state index contributed by atoms with van der Waals surface area (Å²) in [6.45, 7) is 5.31. The maximum Gasteiger partial charge on any atom is 0.217 e. The third-order valence-electron chi connectivity index (χ3n) is 1.65. The first-order chi connectivity index (χ1) is 6.27. The molecule has 13 heavy (non-hydrogen) atoms. The second kappa shape index (κ2) is 9.48. The van der Waals surface area contributed by atoms with Crippen LogP contribution in [0.15, 0.2) is 0 Å². The molecule has 0 saturated heterocycles. The number of rotatable bonds is 9. The molecule has 0 fully saturated rings. The molecule has 0 saturated carbocycles. The summed E-state index contributed by atoms with van der Waals surface area (Å²) >= 11 is 0. The smallest absolute Gasteiger partial charge is 0.217 e. The van der Waals surface area contributed by atoms with Gasteiger partial charge >= 0.3 is 0 Å². The van der Waals surface area contributed by atoms with Crippen molar-refractivity contribution in [1.82, 2.24) is 5.32 Å². The number of nitrogens with one attached hydrogen (secondary N) is 1. The van der Waals surface area contributed by atoms with E-state index in [4.69, 9.17) is 10.5 Å². The highest BCUT2D eigenvalue weighted by Crippen LogP contribution is 1.91. The largest absolute Gasteiger partial charge is 0.380 e. The topological polar surface area (TPSA) is 64.3 Å². The van der Waals surface area contributed by atoms with Crippen molar-refractivity contribution in [2.24, 2.45) is 5.73 Å². The quantitative estimate of drug-likeness (QED) is 0.510. The Kier molecular flexibility index (Phi) is 9.03. The van der Waals surface area contributed by atoms with Gasteiger partial charge in [0.25, 0.3) is 0 Å². The number of hydrogen-bond acceptors (Lipinski definition) is 3. The standard InChI is InChI=1S/C9H20N2O2/c1-2-13-8-7-11-6-4-3-5-9(10)12/h11H,2-8H2,1H3,(H2,10,12). The summed E-state index contributed by atoms with van der Waals surface area (Å²) in [4.78, 5) is 10.4. The molecule has 0 radical (unpaired) electrons. The van der Waals surface area contributed by atoms with Crippen LogP contribution in [0.5, 0.6) is 0 Å². The van der Waals surface area contributed by atoms with Crippen LogP contribution in [0, 0.1) is 0 Å². The van der Waals surface area contributed by atoms with E-state index in [1.165, 1.54) is 0 Å². The zero-order valence-electron chi connectivity index (χ0n) is 8.34. The summed E-state index contributed by atoms with van der Waals surface area (Å²) in [6.07, 6.45) is 2.36. The van der Waals surface area contributed by atoms with Gasteiger partial charge in [-0.25, -0.2) is 0 Å². The van der Waals surface area contributed by atoms with Crippen LogP contribution < -0.4 is 11.1 Å². The molecular formula is C9H20N2O2. The number of ether oxygens (including phenoxy) is 1. The molecule has 4 nitrogen and oxygen atoms in total. The first-order valence-corrected chi connectivity index (χ1v) is 4.84. The number of amides is 1. The SMILES string of the molecule is CCOCCNCCCCC(N)=O. The Balaban J connectivity index is 2.87. The van der Waals surface area contributed by atoms with Crippen LogP contribution in [0.25, 0.3) is 0 Å². The van der Waals surface area contributed by atoms with Crippen LogP contribution in [0.4, 0.5) is 0 Å². The average Bonchev–Trinajstić information content (AvgIpc) is 2.09. The Labute approximate surface area is 79.8 Å². The van der Waals surface area contributed by atoms with Gasteiger partial charge in [-0.15, -0.1) is 0 Å². The fourth-order valence-electron chi connectivity index (χ4n) is 0.963. The van der Waals surface area contributed by atoms with Crippen molar-refractivity contribution in [2.75, 3.05) is 26.3 Å². The zero-order chi connectivity index (χ0) is 9.94. The van der Waals surface area contributed by atoms with Gasteiger partial charge in [-0.05, 0) is 26.3 Å². The number of carbonyl (C=O) groups excluding carboxylic acids is 1. The molecule has 0 aliphatic rings. The molecule has 0 aromatic carbocycles. The number of nitrogens with two attached hydrogens (primary N) is 1. The van der Waals surface area contributed by atoms with E-state index in [9.17, 15) is 4.79 Å². The van der Waals surface area contributed by atoms with Crippen molar-refractivity contribution >= 4 is 5.91 Å². The molecule has 78 valence electrons. The van der Waals surface area contributed by atoms with Gasteiger partial charge in [0.1, 0.15) is 0 Å². The first-order valence-electron chi connectivity index (χ1n) is 4.84. The zero-order valence-corrected chi connectivity index (χ0v) is 8.34. The van der Waals surface area contributed by atoms with Gasteiger partial charge in [0.05, 0.1) is 6.61 Å². The van der Waals surface area contributed by atoms with E-state index in [0.717, 1.165) is 39.1 Å². The summed E-state index contributed by atoms with van der Waals surface area (Å²) < 4.78 is 5.14. The summed E-state index contributed by atoms with van der Waals surface area (Å²) in [6, 6.07) is 0. The van der Waals surface area contributed by atoms with Crippen LogP contribution in [-0.4, -0.2) is 32.2 Å². The van der Waals surface area contributed by atoms with Gasteiger partial charge in [-0.3, -0.25) is 4.79 Å². The summed E-state index contributed by atoms with van der Waals surface area (Å²) in [5, 5.41) is 3.22. The van der Waals surface area contributed by atoms with Crippen LogP contribution in [-0.2, 0) is 9.53 Å². The highest BCUT2D eigenvalue weighted by molar-refractivity contribution is 5.73. The Morgan fingerprint density at radius 1 is 1.38 bits per heavy atom. The molecule has 0 aliphatic carbocycles. The summed E-state index contributed by atoms with van der Waals surface area (Å²) in [5.41, 5.74) is 4.99. The molecule has 0 heterocycles. The van der Waals surface area contributed by atoms with Gasteiger partial charge < -0.3 is 15.8 Å². The molecular weight excluding hydrogens is 168 g/mol. The van der Waals surface area contributed by atoms with Gasteiger partial charge in [0, 0.05) is 19.6 Å². The lowest BCUT2D eigenvalue weighted by Gasteiger charge is -2.03.